The predicted octanol–water partition coefficient (Wildman–Crippen LogP) is 2.39. The van der Waals surface area contributed by atoms with Gasteiger partial charge in [0.2, 0.25) is 0 Å². The minimum Gasteiger partial charge on any atom is -0.361 e. The van der Waals surface area contributed by atoms with Gasteiger partial charge in [-0.3, -0.25) is 9.59 Å². The maximum absolute atomic E-state index is 12.4. The monoisotopic (exact) mass is 358 g/mol. The van der Waals surface area contributed by atoms with E-state index in [1.807, 2.05) is 0 Å². The molecule has 0 N–H and O–H groups in total. The van der Waals surface area contributed by atoms with Gasteiger partial charge in [0.05, 0.1) is 5.69 Å². The summed E-state index contributed by atoms with van der Waals surface area (Å²) in [6.45, 7) is 9.92. The third-order valence-corrected chi connectivity index (χ3v) is 4.82. The zero-order chi connectivity index (χ0) is 18.9. The number of nitrogens with zero attached hydrogens (tertiary/aromatic N) is 4. The van der Waals surface area contributed by atoms with Gasteiger partial charge in [-0.25, -0.2) is 4.68 Å². The number of aryl methyl sites for hydroxylation is 1. The average Bonchev–Trinajstić information content (AvgIpc) is 3.02. The molecule has 1 amide bonds. The van der Waals surface area contributed by atoms with Crippen LogP contribution in [0.2, 0.25) is 0 Å². The van der Waals surface area contributed by atoms with E-state index in [0.29, 0.717) is 37.0 Å². The Kier molecular flexibility index (Phi) is 4.98. The smallest absolute Gasteiger partial charge is 0.276 e. The van der Waals surface area contributed by atoms with E-state index in [2.05, 4.69) is 31.0 Å². The maximum atomic E-state index is 12.4. The number of carbonyl (C=O) groups excluding carboxylic acids is 1. The molecule has 0 radical (unpaired) electrons. The van der Waals surface area contributed by atoms with Crippen molar-refractivity contribution in [3.63, 3.8) is 0 Å². The molecule has 3 rings (SSSR count). The van der Waals surface area contributed by atoms with Gasteiger partial charge >= 0.3 is 0 Å². The minimum absolute atomic E-state index is 0.0745. The van der Waals surface area contributed by atoms with Crippen molar-refractivity contribution in [3.8, 4) is 0 Å². The van der Waals surface area contributed by atoms with Crippen LogP contribution in [0.25, 0.3) is 0 Å². The van der Waals surface area contributed by atoms with Crippen molar-refractivity contribution in [2.45, 2.75) is 52.5 Å². The van der Waals surface area contributed by atoms with E-state index in [9.17, 15) is 9.59 Å². The van der Waals surface area contributed by atoms with Crippen LogP contribution in [0.1, 0.15) is 55.6 Å². The third-order valence-electron chi connectivity index (χ3n) is 4.82. The highest BCUT2D eigenvalue weighted by molar-refractivity contribution is 5.92. The molecule has 0 atom stereocenters. The molecule has 140 valence electrons. The Morgan fingerprint density at radius 3 is 2.54 bits per heavy atom. The van der Waals surface area contributed by atoms with Crippen LogP contribution in [0.5, 0.6) is 0 Å². The van der Waals surface area contributed by atoms with E-state index in [1.54, 1.807) is 34.7 Å². The van der Waals surface area contributed by atoms with Gasteiger partial charge in [-0.2, -0.15) is 5.10 Å². The number of rotatable bonds is 3. The van der Waals surface area contributed by atoms with Gasteiger partial charge < -0.3 is 9.42 Å². The molecular weight excluding hydrogens is 332 g/mol. The Morgan fingerprint density at radius 1 is 1.27 bits per heavy atom. The highest BCUT2D eigenvalue weighted by atomic mass is 16.5. The highest BCUT2D eigenvalue weighted by Gasteiger charge is 2.26. The molecule has 3 heterocycles. The van der Waals surface area contributed by atoms with Gasteiger partial charge in [0.15, 0.2) is 5.69 Å². The molecule has 1 fully saturated rings. The van der Waals surface area contributed by atoms with Crippen molar-refractivity contribution in [2.75, 3.05) is 13.1 Å². The zero-order valence-electron chi connectivity index (χ0n) is 15.9. The summed E-state index contributed by atoms with van der Waals surface area (Å²) < 4.78 is 6.56. The molecule has 2 aromatic heterocycles. The summed E-state index contributed by atoms with van der Waals surface area (Å²) in [6.07, 6.45) is 1.69. The molecule has 1 aliphatic heterocycles. The van der Waals surface area contributed by atoms with Crippen LogP contribution in [0.3, 0.4) is 0 Å². The van der Waals surface area contributed by atoms with Crippen LogP contribution in [0.4, 0.5) is 0 Å². The second kappa shape index (κ2) is 7.05. The Labute approximate surface area is 153 Å². The summed E-state index contributed by atoms with van der Waals surface area (Å²) in [5.41, 5.74) is 1.10. The molecule has 26 heavy (non-hydrogen) atoms. The quantitative estimate of drug-likeness (QED) is 0.841. The number of hydrogen-bond donors (Lipinski definition) is 0. The lowest BCUT2D eigenvalue weighted by atomic mass is 9.92. The SMILES string of the molecule is Cc1cc(C(=O)N2CCC(Cn3nc(C(C)(C)C)ccc3=O)CC2)no1. The Hall–Kier alpha value is -2.44. The van der Waals surface area contributed by atoms with Crippen LogP contribution in [-0.4, -0.2) is 38.8 Å². The fourth-order valence-corrected chi connectivity index (χ4v) is 3.17. The van der Waals surface area contributed by atoms with Crippen molar-refractivity contribution in [3.05, 3.63) is 45.7 Å². The number of amides is 1. The van der Waals surface area contributed by atoms with E-state index in [0.717, 1.165) is 18.5 Å². The van der Waals surface area contributed by atoms with E-state index >= 15 is 0 Å². The second-order valence-corrected chi connectivity index (χ2v) is 8.05. The minimum atomic E-state index is -0.0963. The number of piperidine rings is 1. The topological polar surface area (TPSA) is 81.2 Å². The van der Waals surface area contributed by atoms with Crippen LogP contribution in [0, 0.1) is 12.8 Å². The van der Waals surface area contributed by atoms with Crippen molar-refractivity contribution < 1.29 is 9.32 Å². The summed E-state index contributed by atoms with van der Waals surface area (Å²) in [6, 6.07) is 5.06. The molecule has 0 aromatic carbocycles. The van der Waals surface area contributed by atoms with E-state index in [4.69, 9.17) is 4.52 Å². The lowest BCUT2D eigenvalue weighted by Gasteiger charge is -2.31. The van der Waals surface area contributed by atoms with Gasteiger partial charge in [0, 0.05) is 37.2 Å². The number of carbonyl (C=O) groups is 1. The molecule has 0 bridgehead atoms. The van der Waals surface area contributed by atoms with Gasteiger partial charge in [0.25, 0.3) is 11.5 Å². The standard InChI is InChI=1S/C19H26N4O3/c1-13-11-15(21-26-13)18(25)22-9-7-14(8-10-22)12-23-17(24)6-5-16(20-23)19(2,3)4/h5-6,11,14H,7-10,12H2,1-4H3. The molecule has 2 aromatic rings. The summed E-state index contributed by atoms with van der Waals surface area (Å²) in [4.78, 5) is 26.4. The summed E-state index contributed by atoms with van der Waals surface area (Å²) >= 11 is 0. The first kappa shape index (κ1) is 18.4. The van der Waals surface area contributed by atoms with Gasteiger partial charge in [-0.1, -0.05) is 25.9 Å². The third kappa shape index (κ3) is 4.03. The van der Waals surface area contributed by atoms with Crippen LogP contribution >= 0.6 is 0 Å². The largest absolute Gasteiger partial charge is 0.361 e. The molecule has 0 unspecified atom stereocenters. The first-order valence-electron chi connectivity index (χ1n) is 9.05. The van der Waals surface area contributed by atoms with Crippen LogP contribution in [0.15, 0.2) is 27.5 Å². The first-order chi connectivity index (χ1) is 12.2. The second-order valence-electron chi connectivity index (χ2n) is 8.05. The summed E-state index contributed by atoms with van der Waals surface area (Å²) in [5, 5.41) is 8.34. The molecule has 7 nitrogen and oxygen atoms in total. The van der Waals surface area contributed by atoms with E-state index in [-0.39, 0.29) is 16.9 Å². The number of likely N-dealkylation sites (tertiary alicyclic amines) is 1. The molecule has 7 heteroatoms. The van der Waals surface area contributed by atoms with E-state index < -0.39 is 0 Å². The van der Waals surface area contributed by atoms with Crippen LogP contribution < -0.4 is 5.56 Å². The van der Waals surface area contributed by atoms with Crippen molar-refractivity contribution in [1.82, 2.24) is 19.8 Å². The molecule has 1 aliphatic rings. The summed E-state index contributed by atoms with van der Waals surface area (Å²) in [7, 11) is 0. The van der Waals surface area contributed by atoms with Crippen molar-refractivity contribution >= 4 is 5.91 Å². The van der Waals surface area contributed by atoms with Gasteiger partial charge in [0.1, 0.15) is 5.76 Å². The fraction of sp³-hybridized carbons (Fsp3) is 0.579. The van der Waals surface area contributed by atoms with Crippen molar-refractivity contribution in [1.29, 1.82) is 0 Å². The zero-order valence-corrected chi connectivity index (χ0v) is 15.9. The lowest BCUT2D eigenvalue weighted by Crippen LogP contribution is -2.40. The summed E-state index contributed by atoms with van der Waals surface area (Å²) in [5.74, 6) is 0.872. The number of aromatic nitrogens is 3. The molecule has 0 saturated carbocycles. The predicted molar refractivity (Wildman–Crippen MR) is 97.1 cm³/mol. The van der Waals surface area contributed by atoms with E-state index in [1.165, 1.54) is 0 Å². The van der Waals surface area contributed by atoms with Gasteiger partial charge in [-0.15, -0.1) is 0 Å². The fourth-order valence-electron chi connectivity index (χ4n) is 3.17. The number of hydrogen-bond acceptors (Lipinski definition) is 5. The molecular formula is C19H26N4O3. The first-order valence-corrected chi connectivity index (χ1v) is 9.05. The molecule has 1 saturated heterocycles. The van der Waals surface area contributed by atoms with Gasteiger partial charge in [-0.05, 0) is 31.7 Å². The molecule has 0 aliphatic carbocycles. The molecule has 0 spiro atoms. The van der Waals surface area contributed by atoms with Crippen molar-refractivity contribution in [2.24, 2.45) is 5.92 Å². The Bertz CT molecular complexity index is 839. The lowest BCUT2D eigenvalue weighted by molar-refractivity contribution is 0.0670. The Morgan fingerprint density at radius 2 is 1.96 bits per heavy atom. The van der Waals surface area contributed by atoms with Crippen LogP contribution in [-0.2, 0) is 12.0 Å². The average molecular weight is 358 g/mol. The maximum Gasteiger partial charge on any atom is 0.276 e. The highest BCUT2D eigenvalue weighted by Crippen LogP contribution is 2.21. The Balaban J connectivity index is 1.62. The normalized spacial score (nSPS) is 16.1.